The molecule has 0 spiro atoms. The lowest BCUT2D eigenvalue weighted by Gasteiger charge is -2.26. The number of rotatable bonds is 3. The maximum absolute atomic E-state index is 13.1. The van der Waals surface area contributed by atoms with Gasteiger partial charge in [-0.1, -0.05) is 20.8 Å². The Balaban J connectivity index is 0. The quantitative estimate of drug-likeness (QED) is 0.380. The van der Waals surface area contributed by atoms with E-state index in [4.69, 9.17) is 4.79 Å². The van der Waals surface area contributed by atoms with Crippen LogP contribution in [-0.2, 0) is 20.6 Å². The van der Waals surface area contributed by atoms with E-state index in [1.807, 2.05) is 0 Å². The number of hydrogen-bond donors (Lipinski definition) is 1. The molecule has 0 bridgehead atoms. The van der Waals surface area contributed by atoms with E-state index in [1.54, 1.807) is 20.8 Å². The summed E-state index contributed by atoms with van der Waals surface area (Å²) in [5.74, 6) is -0.265. The summed E-state index contributed by atoms with van der Waals surface area (Å²) < 4.78 is 39.2. The highest BCUT2D eigenvalue weighted by Gasteiger charge is 2.37. The molecule has 148 valence electrons. The molecule has 0 heterocycles. The first-order valence-electron chi connectivity index (χ1n) is 7.65. The van der Waals surface area contributed by atoms with Crippen LogP contribution in [0.2, 0.25) is 0 Å². The van der Waals surface area contributed by atoms with Crippen molar-refractivity contribution in [3.63, 3.8) is 0 Å². The molecule has 1 rings (SSSR count). The highest BCUT2D eigenvalue weighted by molar-refractivity contribution is 5.96. The average Bonchev–Trinajstić information content (AvgIpc) is 2.55. The third kappa shape index (κ3) is 8.26. The second-order valence-electron chi connectivity index (χ2n) is 5.97. The van der Waals surface area contributed by atoms with Gasteiger partial charge in [0.2, 0.25) is 5.91 Å². The van der Waals surface area contributed by atoms with Crippen molar-refractivity contribution >= 4 is 23.6 Å². The lowest BCUT2D eigenvalue weighted by atomic mass is 9.94. The number of nitrogens with two attached hydrogens (primary N) is 1. The zero-order valence-corrected chi connectivity index (χ0v) is 16.1. The molecule has 0 aliphatic heterocycles. The van der Waals surface area contributed by atoms with E-state index in [1.165, 1.54) is 38.1 Å². The van der Waals surface area contributed by atoms with Gasteiger partial charge in [0.1, 0.15) is 11.8 Å². The van der Waals surface area contributed by atoms with Crippen molar-refractivity contribution in [3.8, 4) is 0 Å². The first-order valence-corrected chi connectivity index (χ1v) is 7.65. The number of carbonyl (C=O) groups is 2. The van der Waals surface area contributed by atoms with Crippen LogP contribution >= 0.6 is 0 Å². The van der Waals surface area contributed by atoms with Gasteiger partial charge in [-0.2, -0.15) is 18.7 Å². The van der Waals surface area contributed by atoms with Crippen LogP contribution in [0.1, 0.15) is 33.3 Å². The zero-order valence-electron chi connectivity index (χ0n) is 16.1. The van der Waals surface area contributed by atoms with Crippen molar-refractivity contribution in [2.24, 2.45) is 5.41 Å². The summed E-state index contributed by atoms with van der Waals surface area (Å²) in [6, 6.07) is 3.70. The molecule has 0 fully saturated rings. The van der Waals surface area contributed by atoms with Gasteiger partial charge in [-0.25, -0.2) is 4.84 Å². The van der Waals surface area contributed by atoms with Gasteiger partial charge in [0.25, 0.3) is 0 Å². The van der Waals surface area contributed by atoms with Crippen molar-refractivity contribution in [1.82, 2.24) is 0 Å². The molecule has 1 amide bonds. The molecule has 2 N–H and O–H groups in total. The summed E-state index contributed by atoms with van der Waals surface area (Å²) in [6.07, 6.45) is -3.77. The lowest BCUT2D eigenvalue weighted by molar-refractivity contribution is -0.830. The van der Waals surface area contributed by atoms with Crippen LogP contribution in [0.4, 0.5) is 24.5 Å². The summed E-state index contributed by atoms with van der Waals surface area (Å²) in [5, 5.41) is 0. The standard InChI is InChI=1S/C14H19F3N2O2.C2H4O.C2H4/c1-13(2,3)12(20)19(4)9-6-7-11(18-21-5)10(8-9)14(15,16)17;1-2-3;1-2/h6-8,18H,1-5H3;2H,1H3;1-2H2/p+1. The minimum atomic E-state index is -4.52. The van der Waals surface area contributed by atoms with E-state index in [0.29, 0.717) is 0 Å². The van der Waals surface area contributed by atoms with Crippen LogP contribution < -0.4 is 10.4 Å². The Kier molecular flexibility index (Phi) is 11.4. The van der Waals surface area contributed by atoms with Crippen molar-refractivity contribution in [2.45, 2.75) is 33.9 Å². The summed E-state index contributed by atoms with van der Waals surface area (Å²) in [6.45, 7) is 12.6. The van der Waals surface area contributed by atoms with Crippen LogP contribution in [0.5, 0.6) is 0 Å². The van der Waals surface area contributed by atoms with Gasteiger partial charge in [-0.05, 0) is 19.1 Å². The normalized spacial score (nSPS) is 10.7. The third-order valence-electron chi connectivity index (χ3n) is 2.92. The van der Waals surface area contributed by atoms with Crippen LogP contribution in [0.25, 0.3) is 0 Å². The molecule has 0 saturated heterocycles. The molecule has 1 aromatic carbocycles. The second kappa shape index (κ2) is 11.4. The molecule has 0 radical (unpaired) electrons. The van der Waals surface area contributed by atoms with Crippen LogP contribution in [0, 0.1) is 5.41 Å². The van der Waals surface area contributed by atoms with Crippen LogP contribution in [-0.4, -0.2) is 26.4 Å². The fraction of sp³-hybridized carbons (Fsp3) is 0.444. The van der Waals surface area contributed by atoms with Gasteiger partial charge < -0.3 is 9.69 Å². The van der Waals surface area contributed by atoms with Gasteiger partial charge in [-0.3, -0.25) is 4.79 Å². The Morgan fingerprint density at radius 2 is 1.69 bits per heavy atom. The van der Waals surface area contributed by atoms with Gasteiger partial charge in [0.05, 0.1) is 7.11 Å². The SMILES string of the molecule is C=C.CC=O.CO[NH2+]c1ccc(N(C)C(=O)C(C)(C)C)cc1C(F)(F)F. The molecule has 5 nitrogen and oxygen atoms in total. The van der Waals surface area contributed by atoms with Gasteiger partial charge in [0.15, 0.2) is 5.69 Å². The Morgan fingerprint density at radius 3 is 2.04 bits per heavy atom. The number of benzene rings is 1. The summed E-state index contributed by atoms with van der Waals surface area (Å²) >= 11 is 0. The summed E-state index contributed by atoms with van der Waals surface area (Å²) in [4.78, 5) is 26.8. The van der Waals surface area contributed by atoms with E-state index >= 15 is 0 Å². The van der Waals surface area contributed by atoms with Crippen LogP contribution in [0.15, 0.2) is 31.4 Å². The Labute approximate surface area is 152 Å². The highest BCUT2D eigenvalue weighted by Crippen LogP contribution is 2.36. The highest BCUT2D eigenvalue weighted by atomic mass is 19.4. The fourth-order valence-electron chi connectivity index (χ4n) is 1.85. The molecule has 0 aliphatic carbocycles. The van der Waals surface area contributed by atoms with Gasteiger partial charge in [-0.15, -0.1) is 13.2 Å². The van der Waals surface area contributed by atoms with Gasteiger partial charge >= 0.3 is 6.18 Å². The van der Waals surface area contributed by atoms with Crippen LogP contribution in [0.3, 0.4) is 0 Å². The lowest BCUT2D eigenvalue weighted by Crippen LogP contribution is -2.76. The van der Waals surface area contributed by atoms with Crippen molar-refractivity contribution in [1.29, 1.82) is 0 Å². The topological polar surface area (TPSA) is 63.2 Å². The van der Waals surface area contributed by atoms with E-state index in [-0.39, 0.29) is 17.3 Å². The molecule has 0 aliphatic rings. The molecule has 26 heavy (non-hydrogen) atoms. The molecule has 8 heteroatoms. The molecular weight excluding hydrogens is 349 g/mol. The predicted molar refractivity (Wildman–Crippen MR) is 95.9 cm³/mol. The van der Waals surface area contributed by atoms with E-state index in [2.05, 4.69) is 18.0 Å². The van der Waals surface area contributed by atoms with Crippen molar-refractivity contribution in [3.05, 3.63) is 36.9 Å². The largest absolute Gasteiger partial charge is 0.422 e. The van der Waals surface area contributed by atoms with Crippen molar-refractivity contribution < 1.29 is 33.1 Å². The number of alkyl halides is 3. The number of quaternary nitrogens is 1. The molecule has 1 aromatic rings. The van der Waals surface area contributed by atoms with Gasteiger partial charge in [0, 0.05) is 24.2 Å². The van der Waals surface area contributed by atoms with E-state index in [9.17, 15) is 18.0 Å². The Morgan fingerprint density at radius 1 is 1.23 bits per heavy atom. The fourth-order valence-corrected chi connectivity index (χ4v) is 1.85. The number of aldehydes is 1. The molecule has 0 unspecified atom stereocenters. The van der Waals surface area contributed by atoms with E-state index < -0.39 is 17.2 Å². The number of hydrogen-bond acceptors (Lipinski definition) is 3. The minimum absolute atomic E-state index is 0.0784. The maximum Gasteiger partial charge on any atom is 0.422 e. The Hall–Kier alpha value is -2.19. The van der Waals surface area contributed by atoms with E-state index in [0.717, 1.165) is 17.8 Å². The third-order valence-corrected chi connectivity index (χ3v) is 2.92. The molecular formula is C18H28F3N2O3+. The minimum Gasteiger partial charge on any atom is -0.315 e. The summed E-state index contributed by atoms with van der Waals surface area (Å²) in [5.41, 5.74) is -0.376. The first kappa shape index (κ1) is 26.0. The Bertz CT molecular complexity index is 582. The number of carbonyl (C=O) groups excluding carboxylic acids is 2. The average molecular weight is 377 g/mol. The number of halogens is 3. The molecule has 0 saturated carbocycles. The van der Waals surface area contributed by atoms with Crippen molar-refractivity contribution in [2.75, 3.05) is 19.1 Å². The number of nitrogens with zero attached hydrogens (tertiary/aromatic N) is 1. The first-order chi connectivity index (χ1) is 11.9. The molecule has 0 aromatic heterocycles. The zero-order chi connectivity index (χ0) is 21.1. The smallest absolute Gasteiger partial charge is 0.315 e. The summed E-state index contributed by atoms with van der Waals surface area (Å²) in [7, 11) is 2.74. The number of amides is 1. The molecule has 0 atom stereocenters. The second-order valence-corrected chi connectivity index (χ2v) is 5.97. The predicted octanol–water partition coefficient (Wildman–Crippen LogP) is 3.48. The maximum atomic E-state index is 13.1. The number of anilines is 1. The monoisotopic (exact) mass is 377 g/mol.